The van der Waals surface area contributed by atoms with Gasteiger partial charge < -0.3 is 19.7 Å². The lowest BCUT2D eigenvalue weighted by Crippen LogP contribution is -2.46. The molecular formula is C26H29FN4O4. The number of anilines is 1. The molecule has 0 radical (unpaired) electrons. The number of rotatable bonds is 10. The van der Waals surface area contributed by atoms with Crippen molar-refractivity contribution in [2.75, 3.05) is 19.0 Å². The third kappa shape index (κ3) is 7.49. The number of aryl methyl sites for hydroxylation is 1. The monoisotopic (exact) mass is 480 g/mol. The van der Waals surface area contributed by atoms with E-state index in [2.05, 4.69) is 15.6 Å². The van der Waals surface area contributed by atoms with Crippen molar-refractivity contribution in [2.24, 2.45) is 0 Å². The van der Waals surface area contributed by atoms with Gasteiger partial charge in [0.05, 0.1) is 6.04 Å². The summed E-state index contributed by atoms with van der Waals surface area (Å²) in [4.78, 5) is 41.5. The van der Waals surface area contributed by atoms with Gasteiger partial charge in [-0.25, -0.2) is 19.0 Å². The van der Waals surface area contributed by atoms with Gasteiger partial charge in [-0.1, -0.05) is 30.3 Å². The van der Waals surface area contributed by atoms with Crippen LogP contribution in [0.15, 0.2) is 54.7 Å². The number of aldehydes is 1. The van der Waals surface area contributed by atoms with Crippen LogP contribution in [0.2, 0.25) is 0 Å². The summed E-state index contributed by atoms with van der Waals surface area (Å²) in [6.07, 6.45) is 3.14. The van der Waals surface area contributed by atoms with Crippen molar-refractivity contribution in [1.29, 1.82) is 0 Å². The highest BCUT2D eigenvalue weighted by Crippen LogP contribution is 2.16. The minimum Gasteiger partial charge on any atom is -0.447 e. The average Bonchev–Trinajstić information content (AvgIpc) is 2.85. The number of ether oxygens (including phenoxy) is 1. The molecule has 1 atom stereocenters. The van der Waals surface area contributed by atoms with Crippen LogP contribution in [0.5, 0.6) is 0 Å². The molecule has 3 rings (SSSR count). The predicted molar refractivity (Wildman–Crippen MR) is 132 cm³/mol. The Morgan fingerprint density at radius 3 is 2.69 bits per heavy atom. The predicted octanol–water partition coefficient (Wildman–Crippen LogP) is 4.81. The Balaban J connectivity index is 1.57. The van der Waals surface area contributed by atoms with Crippen molar-refractivity contribution < 1.29 is 23.5 Å². The number of halogens is 1. The average molecular weight is 481 g/mol. The lowest BCUT2D eigenvalue weighted by atomic mass is 10.1. The van der Waals surface area contributed by atoms with E-state index >= 15 is 0 Å². The molecule has 0 spiro atoms. The van der Waals surface area contributed by atoms with Crippen LogP contribution in [0.3, 0.4) is 0 Å². The number of benzene rings is 2. The molecule has 1 aromatic heterocycles. The summed E-state index contributed by atoms with van der Waals surface area (Å²) < 4.78 is 18.7. The van der Waals surface area contributed by atoms with Crippen molar-refractivity contribution >= 4 is 35.0 Å². The van der Waals surface area contributed by atoms with Crippen molar-refractivity contribution in [1.82, 2.24) is 15.2 Å². The fourth-order valence-electron chi connectivity index (χ4n) is 3.61. The normalized spacial score (nSPS) is 11.5. The zero-order valence-electron chi connectivity index (χ0n) is 19.8. The van der Waals surface area contributed by atoms with Gasteiger partial charge in [0.2, 0.25) is 0 Å². The molecule has 8 nitrogen and oxygen atoms in total. The molecule has 0 unspecified atom stereocenters. The molecule has 0 fully saturated rings. The summed E-state index contributed by atoms with van der Waals surface area (Å²) in [5.41, 5.74) is 1.53. The maximum atomic E-state index is 13.3. The number of nitrogens with zero attached hydrogens (tertiary/aromatic N) is 2. The number of amides is 3. The van der Waals surface area contributed by atoms with Crippen LogP contribution in [-0.2, 0) is 16.1 Å². The summed E-state index contributed by atoms with van der Waals surface area (Å²) in [7, 11) is 1.60. The largest absolute Gasteiger partial charge is 0.447 e. The van der Waals surface area contributed by atoms with Gasteiger partial charge in [0.25, 0.3) is 0 Å². The number of carbonyl (C=O) groups excluding carboxylic acids is 3. The molecule has 9 heteroatoms. The quantitative estimate of drug-likeness (QED) is 0.320. The first-order chi connectivity index (χ1) is 16.9. The van der Waals surface area contributed by atoms with Crippen LogP contribution >= 0.6 is 0 Å². The number of urea groups is 1. The third-order valence-electron chi connectivity index (χ3n) is 5.73. The minimum absolute atomic E-state index is 0.0578. The molecule has 0 bridgehead atoms. The van der Waals surface area contributed by atoms with Crippen molar-refractivity contribution in [2.45, 2.75) is 38.8 Å². The van der Waals surface area contributed by atoms with Gasteiger partial charge in [-0.2, -0.15) is 0 Å². The molecule has 2 aromatic carbocycles. The van der Waals surface area contributed by atoms with E-state index in [1.807, 2.05) is 24.3 Å². The Labute approximate surface area is 203 Å². The van der Waals surface area contributed by atoms with E-state index in [4.69, 9.17) is 4.74 Å². The summed E-state index contributed by atoms with van der Waals surface area (Å²) in [5, 5.41) is 7.28. The lowest BCUT2D eigenvalue weighted by Gasteiger charge is -2.28. The van der Waals surface area contributed by atoms with Crippen LogP contribution in [0.1, 0.15) is 30.4 Å². The standard InChI is InChI=1S/C26H29FN4O4/c1-18-13-22(27)11-10-20(18)15-29-25(33)31(2)23(9-5-6-12-32)17-35-26(34)30-24-14-19-7-3-4-8-21(19)16-28-24/h3-4,7-8,10-14,16,23H,5-6,9,15,17H2,1-2H3,(H,29,33)(H,28,30,34)/t23-/m0/s1. The van der Waals surface area contributed by atoms with Gasteiger partial charge in [-0.05, 0) is 54.5 Å². The number of nitrogens with one attached hydrogen (secondary N) is 2. The molecule has 35 heavy (non-hydrogen) atoms. The van der Waals surface area contributed by atoms with Crippen LogP contribution in [0.4, 0.5) is 19.8 Å². The Morgan fingerprint density at radius 1 is 1.17 bits per heavy atom. The van der Waals surface area contributed by atoms with E-state index in [1.54, 1.807) is 32.3 Å². The first-order valence-corrected chi connectivity index (χ1v) is 11.3. The Morgan fingerprint density at radius 2 is 1.94 bits per heavy atom. The molecule has 3 aromatic rings. The van der Waals surface area contributed by atoms with Crippen molar-refractivity contribution in [3.63, 3.8) is 0 Å². The Hall–Kier alpha value is -4.01. The smallest absolute Gasteiger partial charge is 0.412 e. The summed E-state index contributed by atoms with van der Waals surface area (Å²) in [6, 6.07) is 12.9. The van der Waals surface area contributed by atoms with Gasteiger partial charge in [-0.3, -0.25) is 5.32 Å². The number of pyridine rings is 1. The first-order valence-electron chi connectivity index (χ1n) is 11.3. The molecule has 0 aliphatic heterocycles. The second-order valence-electron chi connectivity index (χ2n) is 8.23. The molecule has 2 N–H and O–H groups in total. The third-order valence-corrected chi connectivity index (χ3v) is 5.73. The maximum Gasteiger partial charge on any atom is 0.412 e. The molecule has 0 aliphatic carbocycles. The summed E-state index contributed by atoms with van der Waals surface area (Å²) >= 11 is 0. The minimum atomic E-state index is -0.691. The SMILES string of the molecule is Cc1cc(F)ccc1CNC(=O)N(C)[C@@H](CCCC=O)COC(=O)Nc1cc2ccccc2cn1. The number of unbranched alkanes of at least 4 members (excludes halogenated alkanes) is 1. The maximum absolute atomic E-state index is 13.3. The first kappa shape index (κ1) is 25.6. The van der Waals surface area contributed by atoms with Crippen molar-refractivity contribution in [3.8, 4) is 0 Å². The van der Waals surface area contributed by atoms with Gasteiger partial charge in [0, 0.05) is 31.6 Å². The zero-order valence-corrected chi connectivity index (χ0v) is 19.8. The molecule has 3 amide bonds. The number of aromatic nitrogens is 1. The number of carbonyl (C=O) groups is 3. The number of fused-ring (bicyclic) bond motifs is 1. The van der Waals surface area contributed by atoms with E-state index in [9.17, 15) is 18.8 Å². The fraction of sp³-hybridized carbons (Fsp3) is 0.308. The fourth-order valence-corrected chi connectivity index (χ4v) is 3.61. The topological polar surface area (TPSA) is 101 Å². The molecule has 184 valence electrons. The van der Waals surface area contributed by atoms with Gasteiger partial charge in [0.1, 0.15) is 24.5 Å². The van der Waals surface area contributed by atoms with Crippen LogP contribution in [0, 0.1) is 12.7 Å². The Kier molecular flexibility index (Phi) is 9.11. The van der Waals surface area contributed by atoms with Crippen molar-refractivity contribution in [3.05, 3.63) is 71.7 Å². The van der Waals surface area contributed by atoms with Crippen LogP contribution in [0.25, 0.3) is 10.8 Å². The number of hydrogen-bond donors (Lipinski definition) is 2. The molecule has 1 heterocycles. The zero-order chi connectivity index (χ0) is 25.2. The second kappa shape index (κ2) is 12.5. The highest BCUT2D eigenvalue weighted by molar-refractivity contribution is 5.89. The Bertz CT molecular complexity index is 1190. The number of likely N-dealkylation sites (N-methyl/N-ethyl adjacent to an activating group) is 1. The van der Waals surface area contributed by atoms with Gasteiger partial charge in [0.15, 0.2) is 0 Å². The summed E-state index contributed by atoms with van der Waals surface area (Å²) in [5.74, 6) is 0.0196. The van der Waals surface area contributed by atoms with Gasteiger partial charge in [-0.15, -0.1) is 0 Å². The summed E-state index contributed by atoms with van der Waals surface area (Å²) in [6.45, 7) is 1.94. The molecule has 0 saturated carbocycles. The van der Waals surface area contributed by atoms with E-state index in [0.29, 0.717) is 25.1 Å². The molecule has 0 saturated heterocycles. The van der Waals surface area contributed by atoms with E-state index < -0.39 is 12.1 Å². The molecular weight excluding hydrogens is 451 g/mol. The van der Waals surface area contributed by atoms with E-state index in [1.165, 1.54) is 17.0 Å². The van der Waals surface area contributed by atoms with E-state index in [0.717, 1.165) is 28.2 Å². The van der Waals surface area contributed by atoms with Crippen LogP contribution < -0.4 is 10.6 Å². The lowest BCUT2D eigenvalue weighted by molar-refractivity contribution is -0.108. The van der Waals surface area contributed by atoms with Gasteiger partial charge >= 0.3 is 12.1 Å². The van der Waals surface area contributed by atoms with E-state index in [-0.39, 0.29) is 25.0 Å². The number of hydrogen-bond acceptors (Lipinski definition) is 5. The highest BCUT2D eigenvalue weighted by Gasteiger charge is 2.22. The van der Waals surface area contributed by atoms with Crippen LogP contribution in [-0.4, -0.2) is 48.0 Å². The molecule has 0 aliphatic rings. The second-order valence-corrected chi connectivity index (χ2v) is 8.23. The highest BCUT2D eigenvalue weighted by atomic mass is 19.1.